The van der Waals surface area contributed by atoms with Gasteiger partial charge in [-0.1, -0.05) is 0 Å². The van der Waals surface area contributed by atoms with Crippen LogP contribution in [0.15, 0.2) is 48.8 Å². The lowest BCUT2D eigenvalue weighted by Gasteiger charge is -2.34. The Morgan fingerprint density at radius 2 is 1.78 bits per heavy atom. The number of imidazole rings is 1. The summed E-state index contributed by atoms with van der Waals surface area (Å²) in [6, 6.07) is 9.81. The van der Waals surface area contributed by atoms with Crippen molar-refractivity contribution in [2.75, 3.05) is 39.3 Å². The molecule has 27 heavy (non-hydrogen) atoms. The standard InChI is InChI=1S/C20H21FN4O2/c21-17-4-1-15(2-5-17)18-14-25-13-16(3-6-19(25)22-18)20(27)24-9-7-23(8-10-24)11-12-26/h1-6,13-14,26H,7-12H2. The van der Waals surface area contributed by atoms with Crippen LogP contribution in [0.5, 0.6) is 0 Å². The molecule has 3 heterocycles. The van der Waals surface area contributed by atoms with Gasteiger partial charge in [-0.25, -0.2) is 9.37 Å². The smallest absolute Gasteiger partial charge is 0.255 e. The van der Waals surface area contributed by atoms with Crippen molar-refractivity contribution in [2.45, 2.75) is 0 Å². The predicted octanol–water partition coefficient (Wildman–Crippen LogP) is 1.89. The summed E-state index contributed by atoms with van der Waals surface area (Å²) in [6.07, 6.45) is 3.64. The molecule has 0 radical (unpaired) electrons. The number of fused-ring (bicyclic) bond motifs is 1. The molecule has 4 rings (SSSR count). The number of pyridine rings is 1. The van der Waals surface area contributed by atoms with Crippen molar-refractivity contribution < 1.29 is 14.3 Å². The van der Waals surface area contributed by atoms with Crippen LogP contribution in [0.2, 0.25) is 0 Å². The molecule has 0 spiro atoms. The lowest BCUT2D eigenvalue weighted by Crippen LogP contribution is -2.49. The SMILES string of the molecule is O=C(c1ccc2nc(-c3ccc(F)cc3)cn2c1)N1CCN(CCO)CC1. The van der Waals surface area contributed by atoms with Crippen LogP contribution >= 0.6 is 0 Å². The van der Waals surface area contributed by atoms with E-state index in [0.717, 1.165) is 30.0 Å². The Bertz CT molecular complexity index is 946. The van der Waals surface area contributed by atoms with Crippen molar-refractivity contribution >= 4 is 11.6 Å². The van der Waals surface area contributed by atoms with E-state index in [1.807, 2.05) is 21.6 Å². The van der Waals surface area contributed by atoms with Crippen molar-refractivity contribution in [1.82, 2.24) is 19.2 Å². The minimum Gasteiger partial charge on any atom is -0.395 e. The second-order valence-corrected chi connectivity index (χ2v) is 6.67. The maximum atomic E-state index is 13.1. The number of halogens is 1. The third-order valence-electron chi connectivity index (χ3n) is 4.91. The summed E-state index contributed by atoms with van der Waals surface area (Å²) in [7, 11) is 0. The summed E-state index contributed by atoms with van der Waals surface area (Å²) in [6.45, 7) is 3.64. The topological polar surface area (TPSA) is 61.1 Å². The number of nitrogens with zero attached hydrogens (tertiary/aromatic N) is 4. The minimum absolute atomic E-state index is 0.00224. The Labute approximate surface area is 156 Å². The van der Waals surface area contributed by atoms with Gasteiger partial charge in [0.1, 0.15) is 11.5 Å². The molecular weight excluding hydrogens is 347 g/mol. The second kappa shape index (κ2) is 7.46. The monoisotopic (exact) mass is 368 g/mol. The van der Waals surface area contributed by atoms with Gasteiger partial charge in [0.2, 0.25) is 0 Å². The number of benzene rings is 1. The Hall–Kier alpha value is -2.77. The quantitative estimate of drug-likeness (QED) is 0.764. The first kappa shape index (κ1) is 17.6. The molecule has 1 fully saturated rings. The van der Waals surface area contributed by atoms with Gasteiger partial charge >= 0.3 is 0 Å². The average molecular weight is 368 g/mol. The van der Waals surface area contributed by atoms with Gasteiger partial charge in [0.05, 0.1) is 17.9 Å². The van der Waals surface area contributed by atoms with Crippen molar-refractivity contribution in [3.63, 3.8) is 0 Å². The number of amides is 1. The van der Waals surface area contributed by atoms with E-state index in [9.17, 15) is 9.18 Å². The summed E-state index contributed by atoms with van der Waals surface area (Å²) in [5, 5.41) is 9.02. The summed E-state index contributed by atoms with van der Waals surface area (Å²) >= 11 is 0. The summed E-state index contributed by atoms with van der Waals surface area (Å²) in [5.41, 5.74) is 2.91. The first-order chi connectivity index (χ1) is 13.1. The van der Waals surface area contributed by atoms with Gasteiger partial charge in [0.25, 0.3) is 5.91 Å². The van der Waals surface area contributed by atoms with Crippen molar-refractivity contribution in [1.29, 1.82) is 0 Å². The maximum absolute atomic E-state index is 13.1. The molecule has 6 nitrogen and oxygen atoms in total. The molecule has 1 N–H and O–H groups in total. The maximum Gasteiger partial charge on any atom is 0.255 e. The first-order valence-corrected chi connectivity index (χ1v) is 9.01. The molecule has 0 atom stereocenters. The molecule has 7 heteroatoms. The fourth-order valence-corrected chi connectivity index (χ4v) is 3.38. The molecular formula is C20H21FN4O2. The van der Waals surface area contributed by atoms with Crippen LogP contribution in [0.1, 0.15) is 10.4 Å². The molecule has 140 valence electrons. The fourth-order valence-electron chi connectivity index (χ4n) is 3.38. The highest BCUT2D eigenvalue weighted by molar-refractivity contribution is 5.94. The van der Waals surface area contributed by atoms with Crippen LogP contribution in [0.4, 0.5) is 4.39 Å². The van der Waals surface area contributed by atoms with Crippen LogP contribution in [-0.4, -0.2) is 69.5 Å². The lowest BCUT2D eigenvalue weighted by molar-refractivity contribution is 0.0614. The van der Waals surface area contributed by atoms with Gasteiger partial charge in [-0.15, -0.1) is 0 Å². The van der Waals surface area contributed by atoms with E-state index in [2.05, 4.69) is 9.88 Å². The third-order valence-corrected chi connectivity index (χ3v) is 4.91. The van der Waals surface area contributed by atoms with Crippen LogP contribution in [-0.2, 0) is 0 Å². The number of carbonyl (C=O) groups is 1. The van der Waals surface area contributed by atoms with E-state index < -0.39 is 0 Å². The lowest BCUT2D eigenvalue weighted by atomic mass is 10.2. The van der Waals surface area contributed by atoms with E-state index in [4.69, 9.17) is 5.11 Å². The Kier molecular flexibility index (Phi) is 4.87. The minimum atomic E-state index is -0.283. The van der Waals surface area contributed by atoms with E-state index >= 15 is 0 Å². The number of aliphatic hydroxyl groups is 1. The summed E-state index contributed by atoms with van der Waals surface area (Å²) in [5.74, 6) is -0.285. The van der Waals surface area contributed by atoms with E-state index in [-0.39, 0.29) is 18.3 Å². The normalized spacial score (nSPS) is 15.4. The van der Waals surface area contributed by atoms with Crippen molar-refractivity contribution in [3.8, 4) is 11.3 Å². The molecule has 1 aliphatic rings. The highest BCUT2D eigenvalue weighted by Crippen LogP contribution is 2.20. The number of β-amino-alcohol motifs (C(OH)–C–C–N with tert-alkyl or cyclic N) is 1. The van der Waals surface area contributed by atoms with Gasteiger partial charge in [-0.2, -0.15) is 0 Å². The summed E-state index contributed by atoms with van der Waals surface area (Å²) < 4.78 is 14.9. The first-order valence-electron chi connectivity index (χ1n) is 9.01. The number of aliphatic hydroxyl groups excluding tert-OH is 1. The number of rotatable bonds is 4. The highest BCUT2D eigenvalue weighted by atomic mass is 19.1. The second-order valence-electron chi connectivity index (χ2n) is 6.67. The molecule has 0 bridgehead atoms. The molecule has 1 aromatic carbocycles. The van der Waals surface area contributed by atoms with Crippen molar-refractivity contribution in [2.24, 2.45) is 0 Å². The van der Waals surface area contributed by atoms with E-state index in [1.54, 1.807) is 24.4 Å². The zero-order valence-corrected chi connectivity index (χ0v) is 14.9. The highest BCUT2D eigenvalue weighted by Gasteiger charge is 2.22. The van der Waals surface area contributed by atoms with Crippen LogP contribution in [0, 0.1) is 5.82 Å². The van der Waals surface area contributed by atoms with E-state index in [0.29, 0.717) is 25.2 Å². The zero-order valence-electron chi connectivity index (χ0n) is 14.9. The number of hydrogen-bond acceptors (Lipinski definition) is 4. The number of aromatic nitrogens is 2. The molecule has 3 aromatic rings. The third kappa shape index (κ3) is 3.70. The molecule has 1 aliphatic heterocycles. The Morgan fingerprint density at radius 3 is 2.48 bits per heavy atom. The Balaban J connectivity index is 1.53. The van der Waals surface area contributed by atoms with Gasteiger partial charge in [0, 0.05) is 50.7 Å². The molecule has 2 aromatic heterocycles. The average Bonchev–Trinajstić information content (AvgIpc) is 3.12. The van der Waals surface area contributed by atoms with Gasteiger partial charge in [0.15, 0.2) is 0 Å². The van der Waals surface area contributed by atoms with Crippen LogP contribution in [0.25, 0.3) is 16.9 Å². The van der Waals surface area contributed by atoms with Crippen molar-refractivity contribution in [3.05, 3.63) is 60.2 Å². The molecule has 1 saturated heterocycles. The predicted molar refractivity (Wildman–Crippen MR) is 100 cm³/mol. The van der Waals surface area contributed by atoms with Crippen LogP contribution in [0.3, 0.4) is 0 Å². The number of hydrogen-bond donors (Lipinski definition) is 1. The Morgan fingerprint density at radius 1 is 1.04 bits per heavy atom. The van der Waals surface area contributed by atoms with Gasteiger partial charge in [-0.3, -0.25) is 9.69 Å². The molecule has 1 amide bonds. The molecule has 0 aliphatic carbocycles. The number of piperazine rings is 1. The summed E-state index contributed by atoms with van der Waals surface area (Å²) in [4.78, 5) is 21.3. The number of carbonyl (C=O) groups excluding carboxylic acids is 1. The largest absolute Gasteiger partial charge is 0.395 e. The van der Waals surface area contributed by atoms with Crippen LogP contribution < -0.4 is 0 Å². The van der Waals surface area contributed by atoms with Gasteiger partial charge in [-0.05, 0) is 36.4 Å². The molecule has 0 unspecified atom stereocenters. The fraction of sp³-hybridized carbons (Fsp3) is 0.300. The molecule has 0 saturated carbocycles. The van der Waals surface area contributed by atoms with Gasteiger partial charge < -0.3 is 14.4 Å². The van der Waals surface area contributed by atoms with E-state index in [1.165, 1.54) is 12.1 Å². The zero-order chi connectivity index (χ0) is 18.8.